The first-order valence-corrected chi connectivity index (χ1v) is 13.6. The fourth-order valence-electron chi connectivity index (χ4n) is 4.24. The number of aromatic nitrogens is 2. The Labute approximate surface area is 241 Å². The first-order chi connectivity index (χ1) is 19.5. The van der Waals surface area contributed by atoms with Gasteiger partial charge in [-0.2, -0.15) is 0 Å². The van der Waals surface area contributed by atoms with Gasteiger partial charge in [0.05, 0.1) is 23.2 Å². The number of fused-ring (bicyclic) bond motifs is 1. The SMILES string of the molecule is O=C(Cc1ccc(OCc2ccc3ccccc3n2)cc1)NCCN(C(=O)c1cncc(Br)c1)c1ccccc1. The lowest BCUT2D eigenvalue weighted by molar-refractivity contribution is -0.120. The molecule has 0 aliphatic carbocycles. The van der Waals surface area contributed by atoms with Crippen LogP contribution in [0.3, 0.4) is 0 Å². The third kappa shape index (κ3) is 7.09. The van der Waals surface area contributed by atoms with Crippen molar-refractivity contribution >= 4 is 44.3 Å². The van der Waals surface area contributed by atoms with E-state index in [1.807, 2.05) is 91.0 Å². The number of carbonyl (C=O) groups is 2. The molecule has 2 amide bonds. The Kier molecular flexibility index (Phi) is 8.78. The zero-order chi connectivity index (χ0) is 27.7. The Bertz CT molecular complexity index is 1610. The third-order valence-electron chi connectivity index (χ3n) is 6.25. The first kappa shape index (κ1) is 27.0. The molecule has 0 fully saturated rings. The number of nitrogens with one attached hydrogen (secondary N) is 1. The van der Waals surface area contributed by atoms with Crippen molar-refractivity contribution in [1.29, 1.82) is 0 Å². The lowest BCUT2D eigenvalue weighted by Gasteiger charge is -2.23. The van der Waals surface area contributed by atoms with Crippen LogP contribution in [0.1, 0.15) is 21.6 Å². The number of nitrogens with zero attached hydrogens (tertiary/aromatic N) is 3. The van der Waals surface area contributed by atoms with Gasteiger partial charge in [-0.05, 0) is 64.0 Å². The monoisotopic (exact) mass is 594 g/mol. The van der Waals surface area contributed by atoms with Crippen molar-refractivity contribution in [2.45, 2.75) is 13.0 Å². The van der Waals surface area contributed by atoms with Crippen LogP contribution in [0.15, 0.2) is 114 Å². The van der Waals surface area contributed by atoms with Crippen LogP contribution in [0.2, 0.25) is 0 Å². The summed E-state index contributed by atoms with van der Waals surface area (Å²) in [5, 5.41) is 4.02. The van der Waals surface area contributed by atoms with E-state index in [2.05, 4.69) is 31.2 Å². The molecule has 3 aromatic carbocycles. The summed E-state index contributed by atoms with van der Waals surface area (Å²) in [6.45, 7) is 0.981. The summed E-state index contributed by atoms with van der Waals surface area (Å²) < 4.78 is 6.62. The number of hydrogen-bond donors (Lipinski definition) is 1. The minimum absolute atomic E-state index is 0.126. The normalized spacial score (nSPS) is 10.7. The molecule has 40 heavy (non-hydrogen) atoms. The molecule has 5 aromatic rings. The van der Waals surface area contributed by atoms with Gasteiger partial charge in [0.25, 0.3) is 5.91 Å². The van der Waals surface area contributed by atoms with Crippen LogP contribution in [0.25, 0.3) is 10.9 Å². The van der Waals surface area contributed by atoms with Gasteiger partial charge in [0.2, 0.25) is 5.91 Å². The number of benzene rings is 3. The molecule has 5 rings (SSSR count). The number of carbonyl (C=O) groups excluding carboxylic acids is 2. The van der Waals surface area contributed by atoms with Gasteiger partial charge in [-0.25, -0.2) is 4.98 Å². The largest absolute Gasteiger partial charge is 0.487 e. The molecule has 0 aliphatic rings. The molecule has 1 N–H and O–H groups in total. The van der Waals surface area contributed by atoms with Gasteiger partial charge in [0.15, 0.2) is 0 Å². The number of ether oxygens (including phenoxy) is 1. The maximum absolute atomic E-state index is 13.2. The summed E-state index contributed by atoms with van der Waals surface area (Å²) in [6, 6.07) is 30.5. The second-order valence-electron chi connectivity index (χ2n) is 9.14. The molecule has 0 saturated carbocycles. The van der Waals surface area contributed by atoms with E-state index in [0.29, 0.717) is 31.0 Å². The average Bonchev–Trinajstić information content (AvgIpc) is 2.99. The first-order valence-electron chi connectivity index (χ1n) is 12.9. The summed E-state index contributed by atoms with van der Waals surface area (Å²) in [5.41, 5.74) is 3.86. The number of amides is 2. The fraction of sp³-hybridized carbons (Fsp3) is 0.125. The molecule has 0 saturated heterocycles. The lowest BCUT2D eigenvalue weighted by atomic mass is 10.1. The van der Waals surface area contributed by atoms with Gasteiger partial charge in [-0.3, -0.25) is 14.6 Å². The minimum atomic E-state index is -0.191. The van der Waals surface area contributed by atoms with Crippen LogP contribution in [0.5, 0.6) is 5.75 Å². The lowest BCUT2D eigenvalue weighted by Crippen LogP contribution is -2.39. The Morgan fingerprint density at radius 1 is 0.875 bits per heavy atom. The zero-order valence-electron chi connectivity index (χ0n) is 21.7. The molecule has 2 heterocycles. The molecular formula is C32H27BrN4O3. The Balaban J connectivity index is 1.13. The van der Waals surface area contributed by atoms with Gasteiger partial charge in [-0.15, -0.1) is 0 Å². The summed E-state index contributed by atoms with van der Waals surface area (Å²) in [5.74, 6) is 0.389. The van der Waals surface area contributed by atoms with E-state index >= 15 is 0 Å². The van der Waals surface area contributed by atoms with Gasteiger partial charge >= 0.3 is 0 Å². The molecule has 8 heteroatoms. The van der Waals surface area contributed by atoms with Crippen LogP contribution < -0.4 is 15.0 Å². The molecule has 2 aromatic heterocycles. The van der Waals surface area contributed by atoms with E-state index in [4.69, 9.17) is 4.74 Å². The van der Waals surface area contributed by atoms with Crippen LogP contribution in [0, 0.1) is 0 Å². The Morgan fingerprint density at radius 2 is 1.65 bits per heavy atom. The zero-order valence-corrected chi connectivity index (χ0v) is 23.3. The summed E-state index contributed by atoms with van der Waals surface area (Å²) in [7, 11) is 0. The minimum Gasteiger partial charge on any atom is -0.487 e. The highest BCUT2D eigenvalue weighted by Crippen LogP contribution is 2.19. The number of anilines is 1. The number of pyridine rings is 2. The topological polar surface area (TPSA) is 84.4 Å². The van der Waals surface area contributed by atoms with E-state index in [1.165, 1.54) is 6.20 Å². The number of para-hydroxylation sites is 2. The van der Waals surface area contributed by atoms with Crippen LogP contribution >= 0.6 is 15.9 Å². The second-order valence-corrected chi connectivity index (χ2v) is 10.1. The summed E-state index contributed by atoms with van der Waals surface area (Å²) >= 11 is 3.37. The highest BCUT2D eigenvalue weighted by atomic mass is 79.9. The quantitative estimate of drug-likeness (QED) is 0.215. The van der Waals surface area contributed by atoms with Crippen LogP contribution in [0.4, 0.5) is 5.69 Å². The Hall–Kier alpha value is -4.56. The van der Waals surface area contributed by atoms with Gasteiger partial charge < -0.3 is 15.0 Å². The van der Waals surface area contributed by atoms with Gasteiger partial charge in [0.1, 0.15) is 12.4 Å². The molecule has 200 valence electrons. The van der Waals surface area contributed by atoms with Crippen LogP contribution in [-0.2, 0) is 17.8 Å². The summed E-state index contributed by atoms with van der Waals surface area (Å²) in [4.78, 5) is 36.3. The number of rotatable bonds is 10. The molecule has 0 aliphatic heterocycles. The van der Waals surface area contributed by atoms with Crippen LogP contribution in [-0.4, -0.2) is 34.9 Å². The molecule has 0 radical (unpaired) electrons. The van der Waals surface area contributed by atoms with E-state index < -0.39 is 0 Å². The smallest absolute Gasteiger partial charge is 0.259 e. The standard InChI is InChI=1S/C32H27BrN4O3/c33-26-19-25(20-34-21-26)32(39)37(28-7-2-1-3-8-28)17-16-35-31(38)18-23-10-14-29(15-11-23)40-22-27-13-12-24-6-4-5-9-30(24)36-27/h1-15,19-21H,16-18,22H2,(H,35,38). The van der Waals surface area contributed by atoms with E-state index in [9.17, 15) is 9.59 Å². The average molecular weight is 595 g/mol. The number of hydrogen-bond acceptors (Lipinski definition) is 5. The molecule has 0 spiro atoms. The second kappa shape index (κ2) is 13.0. The van der Waals surface area contributed by atoms with Crippen molar-refractivity contribution in [2.24, 2.45) is 0 Å². The maximum atomic E-state index is 13.2. The number of halogens is 1. The van der Waals surface area contributed by atoms with Crippen molar-refractivity contribution in [3.63, 3.8) is 0 Å². The molecule has 7 nitrogen and oxygen atoms in total. The predicted molar refractivity (Wildman–Crippen MR) is 159 cm³/mol. The fourth-order valence-corrected chi connectivity index (χ4v) is 4.61. The van der Waals surface area contributed by atoms with Crippen molar-refractivity contribution < 1.29 is 14.3 Å². The van der Waals surface area contributed by atoms with E-state index in [-0.39, 0.29) is 18.2 Å². The van der Waals surface area contributed by atoms with Crippen molar-refractivity contribution in [1.82, 2.24) is 15.3 Å². The molecule has 0 atom stereocenters. The predicted octanol–water partition coefficient (Wildman–Crippen LogP) is 5.98. The van der Waals surface area contributed by atoms with E-state index in [0.717, 1.165) is 32.3 Å². The van der Waals surface area contributed by atoms with E-state index in [1.54, 1.807) is 17.2 Å². The Morgan fingerprint density at radius 3 is 2.45 bits per heavy atom. The molecule has 0 unspecified atom stereocenters. The van der Waals surface area contributed by atoms with Gasteiger partial charge in [0, 0.05) is 41.0 Å². The molecular weight excluding hydrogens is 568 g/mol. The summed E-state index contributed by atoms with van der Waals surface area (Å²) in [6.07, 6.45) is 3.39. The highest BCUT2D eigenvalue weighted by molar-refractivity contribution is 9.10. The van der Waals surface area contributed by atoms with Crippen molar-refractivity contribution in [3.8, 4) is 5.75 Å². The van der Waals surface area contributed by atoms with Crippen molar-refractivity contribution in [2.75, 3.05) is 18.0 Å². The molecule has 0 bridgehead atoms. The maximum Gasteiger partial charge on any atom is 0.259 e. The van der Waals surface area contributed by atoms with Crippen molar-refractivity contribution in [3.05, 3.63) is 131 Å². The third-order valence-corrected chi connectivity index (χ3v) is 6.69. The van der Waals surface area contributed by atoms with Gasteiger partial charge in [-0.1, -0.05) is 54.6 Å². The highest BCUT2D eigenvalue weighted by Gasteiger charge is 2.18.